The Labute approximate surface area is 93.6 Å². The summed E-state index contributed by atoms with van der Waals surface area (Å²) < 4.78 is 6.64. The standard InChI is InChI=1S/C8H8INO2S/c9-7-3-10-8(13-7)6-2-1-5(4-11)12-6/h3-6H,1-2H2. The summed E-state index contributed by atoms with van der Waals surface area (Å²) in [6.07, 6.45) is 4.27. The SMILES string of the molecule is O=CC1CCC(c2ncc(I)s2)O1. The van der Waals surface area contributed by atoms with E-state index in [-0.39, 0.29) is 12.2 Å². The van der Waals surface area contributed by atoms with Crippen molar-refractivity contribution in [1.82, 2.24) is 4.98 Å². The number of ether oxygens (including phenoxy) is 1. The lowest BCUT2D eigenvalue weighted by atomic mass is 10.2. The van der Waals surface area contributed by atoms with Gasteiger partial charge in [-0.15, -0.1) is 11.3 Å². The molecule has 0 amide bonds. The molecule has 0 N–H and O–H groups in total. The molecular weight excluding hydrogens is 301 g/mol. The van der Waals surface area contributed by atoms with Crippen LogP contribution < -0.4 is 0 Å². The van der Waals surface area contributed by atoms with Crippen LogP contribution in [0.1, 0.15) is 24.0 Å². The quantitative estimate of drug-likeness (QED) is 0.621. The topological polar surface area (TPSA) is 39.2 Å². The number of carbonyl (C=O) groups excluding carboxylic acids is 1. The van der Waals surface area contributed by atoms with Gasteiger partial charge in [0.2, 0.25) is 0 Å². The molecule has 0 bridgehead atoms. The van der Waals surface area contributed by atoms with E-state index in [1.165, 1.54) is 0 Å². The number of rotatable bonds is 2. The third-order valence-corrected chi connectivity index (χ3v) is 3.79. The zero-order chi connectivity index (χ0) is 9.26. The summed E-state index contributed by atoms with van der Waals surface area (Å²) in [6.45, 7) is 0. The Bertz CT molecular complexity index is 315. The largest absolute Gasteiger partial charge is 0.360 e. The Hall–Kier alpha value is -0.0100. The molecule has 1 aliphatic heterocycles. The number of hydrogen-bond donors (Lipinski definition) is 0. The van der Waals surface area contributed by atoms with Gasteiger partial charge in [0, 0.05) is 0 Å². The first-order valence-corrected chi connectivity index (χ1v) is 5.91. The van der Waals surface area contributed by atoms with Gasteiger partial charge in [0.15, 0.2) is 0 Å². The number of hydrogen-bond acceptors (Lipinski definition) is 4. The van der Waals surface area contributed by atoms with E-state index in [2.05, 4.69) is 27.6 Å². The summed E-state index contributed by atoms with van der Waals surface area (Å²) in [6, 6.07) is 0. The number of halogens is 1. The Morgan fingerprint density at radius 1 is 1.69 bits per heavy atom. The Morgan fingerprint density at radius 3 is 3.08 bits per heavy atom. The molecule has 0 radical (unpaired) electrons. The van der Waals surface area contributed by atoms with Crippen molar-refractivity contribution >= 4 is 40.2 Å². The van der Waals surface area contributed by atoms with Crippen molar-refractivity contribution in [3.05, 3.63) is 14.1 Å². The van der Waals surface area contributed by atoms with Crippen LogP contribution in [0.15, 0.2) is 6.20 Å². The van der Waals surface area contributed by atoms with E-state index >= 15 is 0 Å². The molecule has 0 saturated carbocycles. The third-order valence-electron chi connectivity index (χ3n) is 1.98. The molecular formula is C8H8INO2S. The fourth-order valence-electron chi connectivity index (χ4n) is 1.36. The third kappa shape index (κ3) is 2.08. The highest BCUT2D eigenvalue weighted by Crippen LogP contribution is 2.34. The molecule has 1 aromatic heterocycles. The van der Waals surface area contributed by atoms with Gasteiger partial charge in [-0.3, -0.25) is 0 Å². The van der Waals surface area contributed by atoms with E-state index < -0.39 is 0 Å². The normalized spacial score (nSPS) is 27.8. The summed E-state index contributed by atoms with van der Waals surface area (Å²) in [7, 11) is 0. The molecule has 3 nitrogen and oxygen atoms in total. The lowest BCUT2D eigenvalue weighted by molar-refractivity contribution is -0.117. The molecule has 13 heavy (non-hydrogen) atoms. The first kappa shape index (κ1) is 9.54. The Kier molecular flexibility index (Phi) is 2.95. The molecule has 0 spiro atoms. The highest BCUT2D eigenvalue weighted by Gasteiger charge is 2.27. The van der Waals surface area contributed by atoms with E-state index in [9.17, 15) is 4.79 Å². The second-order valence-corrected chi connectivity index (χ2v) is 5.84. The van der Waals surface area contributed by atoms with Crippen LogP contribution in [0.25, 0.3) is 0 Å². The molecule has 2 atom stereocenters. The van der Waals surface area contributed by atoms with Crippen LogP contribution in [0.5, 0.6) is 0 Å². The van der Waals surface area contributed by atoms with Crippen molar-refractivity contribution in [1.29, 1.82) is 0 Å². The maximum atomic E-state index is 10.4. The number of carbonyl (C=O) groups is 1. The second kappa shape index (κ2) is 4.02. The molecule has 2 rings (SSSR count). The molecule has 70 valence electrons. The first-order valence-electron chi connectivity index (χ1n) is 4.01. The lowest BCUT2D eigenvalue weighted by Crippen LogP contribution is -2.06. The summed E-state index contributed by atoms with van der Waals surface area (Å²) >= 11 is 3.86. The minimum atomic E-state index is -0.216. The van der Waals surface area contributed by atoms with Gasteiger partial charge < -0.3 is 9.53 Å². The van der Waals surface area contributed by atoms with Gasteiger partial charge in [-0.1, -0.05) is 0 Å². The number of nitrogens with zero attached hydrogens (tertiary/aromatic N) is 1. The average molecular weight is 309 g/mol. The maximum Gasteiger partial charge on any atom is 0.148 e. The fraction of sp³-hybridized carbons (Fsp3) is 0.500. The molecule has 1 aliphatic rings. The predicted molar refractivity (Wildman–Crippen MR) is 57.7 cm³/mol. The van der Waals surface area contributed by atoms with Crippen LogP contribution in [0.3, 0.4) is 0 Å². The van der Waals surface area contributed by atoms with Crippen molar-refractivity contribution in [2.75, 3.05) is 0 Å². The maximum absolute atomic E-state index is 10.4. The van der Waals surface area contributed by atoms with Crippen LogP contribution in [0.2, 0.25) is 0 Å². The molecule has 1 saturated heterocycles. The van der Waals surface area contributed by atoms with Crippen molar-refractivity contribution in [3.63, 3.8) is 0 Å². The summed E-state index contributed by atoms with van der Waals surface area (Å²) in [4.78, 5) is 14.7. The highest BCUT2D eigenvalue weighted by atomic mass is 127. The minimum absolute atomic E-state index is 0.0451. The van der Waals surface area contributed by atoms with Crippen molar-refractivity contribution in [2.24, 2.45) is 0 Å². The molecule has 1 aromatic rings. The van der Waals surface area contributed by atoms with Gasteiger partial charge in [-0.2, -0.15) is 0 Å². The highest BCUT2D eigenvalue weighted by molar-refractivity contribution is 14.1. The van der Waals surface area contributed by atoms with E-state index in [1.54, 1.807) is 11.3 Å². The monoisotopic (exact) mass is 309 g/mol. The zero-order valence-corrected chi connectivity index (χ0v) is 9.75. The Balaban J connectivity index is 2.07. The fourth-order valence-corrected chi connectivity index (χ4v) is 2.89. The van der Waals surface area contributed by atoms with Crippen LogP contribution in [-0.2, 0) is 9.53 Å². The van der Waals surface area contributed by atoms with E-state index in [0.717, 1.165) is 27.0 Å². The number of thiazole rings is 1. The summed E-state index contributed by atoms with van der Waals surface area (Å²) in [5, 5.41) is 0.994. The Morgan fingerprint density at radius 2 is 2.54 bits per heavy atom. The predicted octanol–water partition coefficient (Wildman–Crippen LogP) is 2.17. The van der Waals surface area contributed by atoms with Gasteiger partial charge >= 0.3 is 0 Å². The van der Waals surface area contributed by atoms with E-state index in [4.69, 9.17) is 4.74 Å². The van der Waals surface area contributed by atoms with Gasteiger partial charge in [0.25, 0.3) is 0 Å². The molecule has 2 unspecified atom stereocenters. The van der Waals surface area contributed by atoms with Crippen molar-refractivity contribution in [3.8, 4) is 0 Å². The smallest absolute Gasteiger partial charge is 0.148 e. The van der Waals surface area contributed by atoms with E-state index in [1.807, 2.05) is 6.20 Å². The molecule has 5 heteroatoms. The average Bonchev–Trinajstić information content (AvgIpc) is 2.71. The van der Waals surface area contributed by atoms with Gasteiger partial charge in [0.1, 0.15) is 23.5 Å². The van der Waals surface area contributed by atoms with Crippen LogP contribution in [0, 0.1) is 2.88 Å². The van der Waals surface area contributed by atoms with Crippen LogP contribution in [0.4, 0.5) is 0 Å². The van der Waals surface area contributed by atoms with Crippen molar-refractivity contribution < 1.29 is 9.53 Å². The van der Waals surface area contributed by atoms with Gasteiger partial charge in [-0.25, -0.2) is 4.98 Å². The van der Waals surface area contributed by atoms with E-state index in [0.29, 0.717) is 0 Å². The van der Waals surface area contributed by atoms with Gasteiger partial charge in [-0.05, 0) is 35.4 Å². The molecule has 1 fully saturated rings. The van der Waals surface area contributed by atoms with Gasteiger partial charge in [0.05, 0.1) is 9.08 Å². The molecule has 0 aliphatic carbocycles. The first-order chi connectivity index (χ1) is 6.29. The lowest BCUT2D eigenvalue weighted by Gasteiger charge is -2.05. The molecule has 2 heterocycles. The number of aldehydes is 1. The summed E-state index contributed by atoms with van der Waals surface area (Å²) in [5.74, 6) is 0. The van der Waals surface area contributed by atoms with Crippen LogP contribution >= 0.6 is 33.9 Å². The van der Waals surface area contributed by atoms with Crippen molar-refractivity contribution in [2.45, 2.75) is 25.0 Å². The number of aromatic nitrogens is 1. The van der Waals surface area contributed by atoms with Crippen LogP contribution in [-0.4, -0.2) is 17.4 Å². The summed E-state index contributed by atoms with van der Waals surface area (Å²) in [5.41, 5.74) is 0. The minimum Gasteiger partial charge on any atom is -0.360 e. The second-order valence-electron chi connectivity index (χ2n) is 2.88. The zero-order valence-electron chi connectivity index (χ0n) is 6.77. The molecule has 0 aromatic carbocycles.